The Hall–Kier alpha value is -2.93. The van der Waals surface area contributed by atoms with E-state index >= 15 is 0 Å². The van der Waals surface area contributed by atoms with Crippen LogP contribution in [0.3, 0.4) is 0 Å². The summed E-state index contributed by atoms with van der Waals surface area (Å²) in [6.45, 7) is 1.12. The SMILES string of the molecule is O=C(OCCO)c1cc([N+](=O)[O-])ccc1N1CCC(Cc2ccccc2)CC1. The Morgan fingerprint density at radius 1 is 1.18 bits per heavy atom. The maximum Gasteiger partial charge on any atom is 0.340 e. The zero-order chi connectivity index (χ0) is 19.9. The lowest BCUT2D eigenvalue weighted by atomic mass is 9.90. The third-order valence-corrected chi connectivity index (χ3v) is 5.06. The first-order valence-electron chi connectivity index (χ1n) is 9.43. The van der Waals surface area contributed by atoms with Crippen molar-refractivity contribution in [3.63, 3.8) is 0 Å². The average molecular weight is 384 g/mol. The summed E-state index contributed by atoms with van der Waals surface area (Å²) in [5.74, 6) is -0.0827. The fourth-order valence-electron chi connectivity index (χ4n) is 3.62. The summed E-state index contributed by atoms with van der Waals surface area (Å²) in [5, 5.41) is 20.0. The molecule has 0 amide bonds. The highest BCUT2D eigenvalue weighted by molar-refractivity contribution is 5.96. The van der Waals surface area contributed by atoms with Crippen molar-refractivity contribution in [3.05, 3.63) is 69.8 Å². The van der Waals surface area contributed by atoms with Gasteiger partial charge >= 0.3 is 5.97 Å². The van der Waals surface area contributed by atoms with Gasteiger partial charge in [-0.2, -0.15) is 0 Å². The summed E-state index contributed by atoms with van der Waals surface area (Å²) in [7, 11) is 0. The molecule has 1 saturated heterocycles. The van der Waals surface area contributed by atoms with Crippen LogP contribution < -0.4 is 4.90 Å². The molecule has 2 aromatic carbocycles. The minimum Gasteiger partial charge on any atom is -0.460 e. The van der Waals surface area contributed by atoms with Crippen molar-refractivity contribution < 1.29 is 19.6 Å². The summed E-state index contributed by atoms with van der Waals surface area (Å²) < 4.78 is 5.01. The van der Waals surface area contributed by atoms with Gasteiger partial charge in [0, 0.05) is 25.2 Å². The summed E-state index contributed by atoms with van der Waals surface area (Å²) >= 11 is 0. The quantitative estimate of drug-likeness (QED) is 0.448. The molecule has 1 aliphatic rings. The number of hydrogen-bond donors (Lipinski definition) is 1. The normalized spacial score (nSPS) is 14.7. The third-order valence-electron chi connectivity index (χ3n) is 5.06. The van der Waals surface area contributed by atoms with Gasteiger partial charge in [-0.15, -0.1) is 0 Å². The molecule has 0 bridgehead atoms. The van der Waals surface area contributed by atoms with Gasteiger partial charge in [0.2, 0.25) is 0 Å². The van der Waals surface area contributed by atoms with Crippen LogP contribution in [0, 0.1) is 16.0 Å². The third kappa shape index (κ3) is 4.86. The van der Waals surface area contributed by atoms with Crippen LogP contribution >= 0.6 is 0 Å². The van der Waals surface area contributed by atoms with Gasteiger partial charge in [-0.3, -0.25) is 10.1 Å². The minimum absolute atomic E-state index is 0.139. The Bertz CT molecular complexity index is 817. The monoisotopic (exact) mass is 384 g/mol. The molecule has 7 heteroatoms. The number of piperidine rings is 1. The van der Waals surface area contributed by atoms with E-state index in [4.69, 9.17) is 9.84 Å². The van der Waals surface area contributed by atoms with Gasteiger partial charge in [-0.05, 0) is 36.8 Å². The summed E-state index contributed by atoms with van der Waals surface area (Å²) in [6, 6.07) is 14.7. The largest absolute Gasteiger partial charge is 0.460 e. The molecule has 0 radical (unpaired) electrons. The summed E-state index contributed by atoms with van der Waals surface area (Å²) in [6.07, 6.45) is 2.99. The van der Waals surface area contributed by atoms with Gasteiger partial charge < -0.3 is 14.7 Å². The molecule has 28 heavy (non-hydrogen) atoms. The van der Waals surface area contributed by atoms with Crippen LogP contribution in [-0.2, 0) is 11.2 Å². The van der Waals surface area contributed by atoms with Gasteiger partial charge in [0.1, 0.15) is 6.61 Å². The number of ether oxygens (including phenoxy) is 1. The van der Waals surface area contributed by atoms with Gasteiger partial charge in [0.05, 0.1) is 22.8 Å². The molecule has 1 fully saturated rings. The van der Waals surface area contributed by atoms with Crippen LogP contribution in [0.1, 0.15) is 28.8 Å². The molecular weight excluding hydrogens is 360 g/mol. The van der Waals surface area contributed by atoms with Crippen LogP contribution in [0.2, 0.25) is 0 Å². The molecule has 1 aliphatic heterocycles. The zero-order valence-corrected chi connectivity index (χ0v) is 15.6. The molecule has 0 spiro atoms. The Morgan fingerprint density at radius 2 is 1.89 bits per heavy atom. The predicted molar refractivity (Wildman–Crippen MR) is 106 cm³/mol. The number of esters is 1. The Kier molecular flexibility index (Phi) is 6.60. The average Bonchev–Trinajstić information content (AvgIpc) is 2.73. The number of benzene rings is 2. The van der Waals surface area contributed by atoms with E-state index in [2.05, 4.69) is 17.0 Å². The van der Waals surface area contributed by atoms with E-state index in [-0.39, 0.29) is 24.5 Å². The predicted octanol–water partition coefficient (Wildman–Crippen LogP) is 3.20. The number of rotatable bonds is 7. The van der Waals surface area contributed by atoms with Crippen molar-refractivity contribution >= 4 is 17.3 Å². The summed E-state index contributed by atoms with van der Waals surface area (Å²) in [4.78, 5) is 25.0. The molecule has 7 nitrogen and oxygen atoms in total. The smallest absolute Gasteiger partial charge is 0.340 e. The molecular formula is C21H24N2O5. The Balaban J connectivity index is 1.72. The van der Waals surface area contributed by atoms with Crippen molar-refractivity contribution in [1.29, 1.82) is 0 Å². The number of carbonyl (C=O) groups is 1. The van der Waals surface area contributed by atoms with E-state index in [1.807, 2.05) is 18.2 Å². The van der Waals surface area contributed by atoms with Gasteiger partial charge in [0.25, 0.3) is 5.69 Å². The van der Waals surface area contributed by atoms with Crippen LogP contribution in [-0.4, -0.2) is 42.3 Å². The molecule has 1 N–H and O–H groups in total. The van der Waals surface area contributed by atoms with Crippen LogP contribution in [0.4, 0.5) is 11.4 Å². The number of non-ortho nitro benzene ring substituents is 1. The lowest BCUT2D eigenvalue weighted by Crippen LogP contribution is -2.35. The van der Waals surface area contributed by atoms with E-state index < -0.39 is 10.9 Å². The van der Waals surface area contributed by atoms with Gasteiger partial charge in [-0.25, -0.2) is 4.79 Å². The van der Waals surface area contributed by atoms with E-state index in [0.717, 1.165) is 32.4 Å². The molecule has 0 saturated carbocycles. The van der Waals surface area contributed by atoms with Crippen LogP contribution in [0.25, 0.3) is 0 Å². The summed E-state index contributed by atoms with van der Waals surface area (Å²) in [5.41, 5.74) is 1.99. The van der Waals surface area contributed by atoms with E-state index in [1.165, 1.54) is 17.7 Å². The van der Waals surface area contributed by atoms with Crippen molar-refractivity contribution in [3.8, 4) is 0 Å². The number of aliphatic hydroxyl groups is 1. The number of nitro groups is 1. The van der Waals surface area contributed by atoms with E-state index in [1.54, 1.807) is 6.07 Å². The Morgan fingerprint density at radius 3 is 2.54 bits per heavy atom. The second-order valence-electron chi connectivity index (χ2n) is 6.94. The molecule has 0 atom stereocenters. The fourth-order valence-corrected chi connectivity index (χ4v) is 3.62. The standard InChI is InChI=1S/C21H24N2O5/c24-12-13-28-21(25)19-15-18(23(26)27)6-7-20(19)22-10-8-17(9-11-22)14-16-4-2-1-3-5-16/h1-7,15,17,24H,8-14H2. The van der Waals surface area contributed by atoms with Crippen molar-refractivity contribution in [2.75, 3.05) is 31.2 Å². The highest BCUT2D eigenvalue weighted by atomic mass is 16.6. The lowest BCUT2D eigenvalue weighted by molar-refractivity contribution is -0.384. The zero-order valence-electron chi connectivity index (χ0n) is 15.6. The second kappa shape index (κ2) is 9.32. The molecule has 2 aromatic rings. The first-order valence-corrected chi connectivity index (χ1v) is 9.43. The first-order chi connectivity index (χ1) is 13.6. The maximum absolute atomic E-state index is 12.4. The molecule has 148 valence electrons. The van der Waals surface area contributed by atoms with Gasteiger partial charge in [0.15, 0.2) is 0 Å². The molecule has 0 aromatic heterocycles. The topological polar surface area (TPSA) is 92.9 Å². The molecule has 0 aliphatic carbocycles. The van der Waals surface area contributed by atoms with E-state index in [9.17, 15) is 14.9 Å². The van der Waals surface area contributed by atoms with Crippen LogP contribution in [0.5, 0.6) is 0 Å². The molecule has 3 rings (SSSR count). The highest BCUT2D eigenvalue weighted by Gasteiger charge is 2.25. The fraction of sp³-hybridized carbons (Fsp3) is 0.381. The number of anilines is 1. The maximum atomic E-state index is 12.4. The number of nitrogens with zero attached hydrogens (tertiary/aromatic N) is 2. The number of aliphatic hydroxyl groups excluding tert-OH is 1. The van der Waals surface area contributed by atoms with Crippen molar-refractivity contribution in [1.82, 2.24) is 0 Å². The van der Waals surface area contributed by atoms with Gasteiger partial charge in [-0.1, -0.05) is 30.3 Å². The molecule has 0 unspecified atom stereocenters. The first kappa shape index (κ1) is 19.8. The lowest BCUT2D eigenvalue weighted by Gasteiger charge is -2.34. The highest BCUT2D eigenvalue weighted by Crippen LogP contribution is 2.31. The van der Waals surface area contributed by atoms with Crippen molar-refractivity contribution in [2.45, 2.75) is 19.3 Å². The van der Waals surface area contributed by atoms with Crippen LogP contribution in [0.15, 0.2) is 48.5 Å². The second-order valence-corrected chi connectivity index (χ2v) is 6.94. The number of carbonyl (C=O) groups excluding carboxylic acids is 1. The molecule has 1 heterocycles. The van der Waals surface area contributed by atoms with Crippen molar-refractivity contribution in [2.24, 2.45) is 5.92 Å². The number of nitro benzene ring substituents is 1. The number of hydrogen-bond acceptors (Lipinski definition) is 6. The Labute approximate surface area is 163 Å². The minimum atomic E-state index is -0.654. The van der Waals surface area contributed by atoms with E-state index in [0.29, 0.717) is 11.6 Å².